The Morgan fingerprint density at radius 3 is 2.76 bits per heavy atom. The first-order chi connectivity index (χ1) is 13.7. The molecule has 1 aromatic carbocycles. The second-order valence-corrected chi connectivity index (χ2v) is 9.87. The zero-order chi connectivity index (χ0) is 21.2. The van der Waals surface area contributed by atoms with Crippen molar-refractivity contribution in [3.05, 3.63) is 41.6 Å². The number of rotatable bonds is 6. The van der Waals surface area contributed by atoms with Crippen LogP contribution in [0.25, 0.3) is 10.9 Å². The van der Waals surface area contributed by atoms with Gasteiger partial charge >= 0.3 is 0 Å². The molecular formula is C20H28N4O4S. The van der Waals surface area contributed by atoms with Crippen molar-refractivity contribution >= 4 is 27.0 Å². The highest BCUT2D eigenvalue weighted by atomic mass is 32.2. The molecule has 1 atom stereocenters. The summed E-state index contributed by atoms with van der Waals surface area (Å²) in [5.74, 6) is 0.158. The highest BCUT2D eigenvalue weighted by molar-refractivity contribution is 7.86. The Morgan fingerprint density at radius 2 is 2.07 bits per heavy atom. The normalized spacial score (nSPS) is 18.5. The highest BCUT2D eigenvalue weighted by Gasteiger charge is 2.32. The summed E-state index contributed by atoms with van der Waals surface area (Å²) in [6, 6.07) is 9.15. The third-order valence-electron chi connectivity index (χ3n) is 4.80. The molecule has 2 heterocycles. The molecule has 1 N–H and O–H groups in total. The van der Waals surface area contributed by atoms with E-state index < -0.39 is 16.3 Å². The maximum atomic E-state index is 12.8. The fraction of sp³-hybridized carbons (Fsp3) is 0.500. The van der Waals surface area contributed by atoms with E-state index in [0.29, 0.717) is 29.2 Å². The lowest BCUT2D eigenvalue weighted by Gasteiger charge is -2.33. The van der Waals surface area contributed by atoms with Gasteiger partial charge in [0.25, 0.3) is 16.1 Å². The number of para-hydroxylation sites is 1. The van der Waals surface area contributed by atoms with Crippen molar-refractivity contribution in [3.8, 4) is 0 Å². The maximum absolute atomic E-state index is 12.8. The first kappa shape index (κ1) is 21.6. The summed E-state index contributed by atoms with van der Waals surface area (Å²) in [5.41, 5.74) is 1.75. The number of hydrogen-bond acceptors (Lipinski definition) is 5. The van der Waals surface area contributed by atoms with E-state index in [-0.39, 0.29) is 25.6 Å². The molecule has 1 fully saturated rings. The molecule has 9 heteroatoms. The molecule has 1 aromatic heterocycles. The van der Waals surface area contributed by atoms with Crippen LogP contribution in [0.2, 0.25) is 0 Å². The van der Waals surface area contributed by atoms with Gasteiger partial charge in [0, 0.05) is 39.1 Å². The largest absolute Gasteiger partial charge is 0.369 e. The molecule has 1 aliphatic heterocycles. The van der Waals surface area contributed by atoms with Crippen LogP contribution in [0.5, 0.6) is 0 Å². The Bertz CT molecular complexity index is 991. The van der Waals surface area contributed by atoms with Gasteiger partial charge in [0.15, 0.2) is 0 Å². The van der Waals surface area contributed by atoms with Crippen LogP contribution in [0.3, 0.4) is 0 Å². The van der Waals surface area contributed by atoms with Crippen molar-refractivity contribution in [1.29, 1.82) is 0 Å². The van der Waals surface area contributed by atoms with E-state index in [1.165, 1.54) is 22.7 Å². The van der Waals surface area contributed by atoms with Gasteiger partial charge in [-0.15, -0.1) is 0 Å². The van der Waals surface area contributed by atoms with Crippen molar-refractivity contribution < 1.29 is 17.9 Å². The Kier molecular flexibility index (Phi) is 6.52. The number of aromatic nitrogens is 1. The van der Waals surface area contributed by atoms with Crippen LogP contribution in [0.15, 0.2) is 30.3 Å². The van der Waals surface area contributed by atoms with E-state index in [4.69, 9.17) is 4.74 Å². The molecule has 1 saturated heterocycles. The van der Waals surface area contributed by atoms with Crippen molar-refractivity contribution in [2.75, 3.05) is 40.3 Å². The van der Waals surface area contributed by atoms with Gasteiger partial charge in [0.05, 0.1) is 23.4 Å². The highest BCUT2D eigenvalue weighted by Crippen LogP contribution is 2.27. The standard InChI is InChI=1S/C20H28N4O4S/c1-14(2)12-21-20(25)16-11-18(22-17-8-6-5-7-15(16)17)19-13-24(9-10-28-19)29(26,27)23(3)4/h5-8,11,14,19H,9-10,12-13H2,1-4H3,(H,21,25)/t19-/m0/s1. The van der Waals surface area contributed by atoms with E-state index in [0.717, 1.165) is 5.39 Å². The van der Waals surface area contributed by atoms with E-state index in [1.807, 2.05) is 38.1 Å². The van der Waals surface area contributed by atoms with E-state index in [9.17, 15) is 13.2 Å². The van der Waals surface area contributed by atoms with E-state index in [1.54, 1.807) is 6.07 Å². The van der Waals surface area contributed by atoms with Crippen molar-refractivity contribution in [2.45, 2.75) is 20.0 Å². The molecule has 158 valence electrons. The molecule has 0 radical (unpaired) electrons. The Labute approximate surface area is 172 Å². The summed E-state index contributed by atoms with van der Waals surface area (Å²) in [7, 11) is -0.538. The number of nitrogens with zero attached hydrogens (tertiary/aromatic N) is 3. The molecule has 0 unspecified atom stereocenters. The topological polar surface area (TPSA) is 91.8 Å². The minimum Gasteiger partial charge on any atom is -0.369 e. The minimum atomic E-state index is -3.55. The number of hydrogen-bond donors (Lipinski definition) is 1. The monoisotopic (exact) mass is 420 g/mol. The predicted molar refractivity (Wildman–Crippen MR) is 112 cm³/mol. The molecule has 0 spiro atoms. The number of benzene rings is 1. The number of carbonyl (C=O) groups is 1. The lowest BCUT2D eigenvalue weighted by atomic mass is 10.0. The number of morpholine rings is 1. The molecule has 0 saturated carbocycles. The summed E-state index contributed by atoms with van der Waals surface area (Å²) in [6.07, 6.45) is -0.542. The van der Waals surface area contributed by atoms with Gasteiger partial charge < -0.3 is 10.1 Å². The SMILES string of the molecule is CC(C)CNC(=O)c1cc([C@@H]2CN(S(=O)(=O)N(C)C)CCO2)nc2ccccc12. The molecule has 3 rings (SSSR count). The summed E-state index contributed by atoms with van der Waals surface area (Å²) >= 11 is 0. The lowest BCUT2D eigenvalue weighted by Crippen LogP contribution is -2.47. The number of nitrogens with one attached hydrogen (secondary N) is 1. The fourth-order valence-electron chi connectivity index (χ4n) is 3.19. The Balaban J connectivity index is 1.96. The van der Waals surface area contributed by atoms with Gasteiger partial charge in [-0.2, -0.15) is 17.0 Å². The molecule has 8 nitrogen and oxygen atoms in total. The lowest BCUT2D eigenvalue weighted by molar-refractivity contribution is -0.00608. The van der Waals surface area contributed by atoms with Crippen LogP contribution in [0, 0.1) is 5.92 Å². The van der Waals surface area contributed by atoms with E-state index in [2.05, 4.69) is 10.3 Å². The quantitative estimate of drug-likeness (QED) is 0.769. The number of fused-ring (bicyclic) bond motifs is 1. The van der Waals surface area contributed by atoms with Crippen LogP contribution in [-0.4, -0.2) is 68.3 Å². The summed E-state index contributed by atoms with van der Waals surface area (Å²) < 4.78 is 33.4. The second-order valence-electron chi connectivity index (χ2n) is 7.72. The third kappa shape index (κ3) is 4.75. The van der Waals surface area contributed by atoms with Gasteiger partial charge in [-0.25, -0.2) is 4.98 Å². The van der Waals surface area contributed by atoms with Crippen LogP contribution < -0.4 is 5.32 Å². The van der Waals surface area contributed by atoms with Gasteiger partial charge in [-0.05, 0) is 18.1 Å². The zero-order valence-corrected chi connectivity index (χ0v) is 18.1. The first-order valence-corrected chi connectivity index (χ1v) is 11.1. The summed E-state index contributed by atoms with van der Waals surface area (Å²) in [5, 5.41) is 3.70. The van der Waals surface area contributed by atoms with Gasteiger partial charge in [-0.3, -0.25) is 4.79 Å². The molecule has 0 aliphatic carbocycles. The first-order valence-electron chi connectivity index (χ1n) is 9.67. The Hall–Kier alpha value is -2.07. The summed E-state index contributed by atoms with van der Waals surface area (Å²) in [6.45, 7) is 5.34. The second kappa shape index (κ2) is 8.74. The predicted octanol–water partition coefficient (Wildman–Crippen LogP) is 1.80. The van der Waals surface area contributed by atoms with Gasteiger partial charge in [-0.1, -0.05) is 32.0 Å². The van der Waals surface area contributed by atoms with Crippen LogP contribution in [0.4, 0.5) is 0 Å². The third-order valence-corrected chi connectivity index (χ3v) is 6.71. The fourth-order valence-corrected chi connectivity index (χ4v) is 4.28. The molecule has 2 aromatic rings. The van der Waals surface area contributed by atoms with E-state index >= 15 is 0 Å². The average Bonchev–Trinajstić information content (AvgIpc) is 2.71. The van der Waals surface area contributed by atoms with Crippen LogP contribution in [-0.2, 0) is 14.9 Å². The molecule has 1 aliphatic rings. The van der Waals surface area contributed by atoms with Gasteiger partial charge in [0.1, 0.15) is 6.10 Å². The zero-order valence-electron chi connectivity index (χ0n) is 17.3. The number of ether oxygens (including phenoxy) is 1. The van der Waals surface area contributed by atoms with Crippen LogP contribution in [0.1, 0.15) is 36.0 Å². The maximum Gasteiger partial charge on any atom is 0.281 e. The van der Waals surface area contributed by atoms with Gasteiger partial charge in [0.2, 0.25) is 0 Å². The van der Waals surface area contributed by atoms with Crippen molar-refractivity contribution in [3.63, 3.8) is 0 Å². The van der Waals surface area contributed by atoms with Crippen molar-refractivity contribution in [1.82, 2.24) is 18.9 Å². The smallest absolute Gasteiger partial charge is 0.281 e. The number of carbonyl (C=O) groups excluding carboxylic acids is 1. The molecule has 29 heavy (non-hydrogen) atoms. The average molecular weight is 421 g/mol. The molecule has 1 amide bonds. The van der Waals surface area contributed by atoms with Crippen LogP contribution >= 0.6 is 0 Å². The summed E-state index contributed by atoms with van der Waals surface area (Å²) in [4.78, 5) is 17.5. The molecular weight excluding hydrogens is 392 g/mol. The number of amides is 1. The minimum absolute atomic E-state index is 0.152. The molecule has 0 bridgehead atoms. The van der Waals surface area contributed by atoms with Crippen molar-refractivity contribution in [2.24, 2.45) is 5.92 Å². The number of pyridine rings is 1. The Morgan fingerprint density at radius 1 is 1.34 bits per heavy atom.